The van der Waals surface area contributed by atoms with Gasteiger partial charge in [-0.25, -0.2) is 8.42 Å². The summed E-state index contributed by atoms with van der Waals surface area (Å²) in [5.74, 6) is -0.280. The van der Waals surface area contributed by atoms with Crippen molar-refractivity contribution in [3.8, 4) is 10.4 Å². The predicted octanol–water partition coefficient (Wildman–Crippen LogP) is 2.83. The lowest BCUT2D eigenvalue weighted by Crippen LogP contribution is -2.12. The molecule has 0 aliphatic carbocycles. The fourth-order valence-electron chi connectivity index (χ4n) is 2.12. The van der Waals surface area contributed by atoms with Crippen LogP contribution in [-0.4, -0.2) is 30.2 Å². The molecule has 0 unspecified atom stereocenters. The second-order valence-corrected chi connectivity index (χ2v) is 7.80. The van der Waals surface area contributed by atoms with Gasteiger partial charge < -0.3 is 5.32 Å². The minimum absolute atomic E-state index is 0.280. The number of benzene rings is 2. The standard InChI is InChI=1S/C16H14N4O3S2/c1-25(22,23)19-14-8-4-12(5-9-14)16(21)18-13-6-2-11(3-7-13)15-10-17-20-24-15/h2-10,19H,1H3,(H,18,21). The summed E-state index contributed by atoms with van der Waals surface area (Å²) in [4.78, 5) is 13.2. The van der Waals surface area contributed by atoms with Crippen molar-refractivity contribution in [1.82, 2.24) is 9.59 Å². The predicted molar refractivity (Wildman–Crippen MR) is 98.2 cm³/mol. The fourth-order valence-corrected chi connectivity index (χ4v) is 3.20. The van der Waals surface area contributed by atoms with E-state index in [4.69, 9.17) is 0 Å². The third-order valence-corrected chi connectivity index (χ3v) is 4.56. The first-order valence-electron chi connectivity index (χ1n) is 7.18. The summed E-state index contributed by atoms with van der Waals surface area (Å²) in [7, 11) is -3.34. The zero-order valence-corrected chi connectivity index (χ0v) is 14.8. The van der Waals surface area contributed by atoms with E-state index >= 15 is 0 Å². The van der Waals surface area contributed by atoms with Gasteiger partial charge in [0.05, 0.1) is 17.3 Å². The van der Waals surface area contributed by atoms with E-state index in [1.165, 1.54) is 23.7 Å². The number of nitrogens with one attached hydrogen (secondary N) is 2. The van der Waals surface area contributed by atoms with Gasteiger partial charge in [-0.3, -0.25) is 9.52 Å². The summed E-state index contributed by atoms with van der Waals surface area (Å²) in [6, 6.07) is 13.5. The molecule has 3 aromatic rings. The molecule has 3 rings (SSSR count). The van der Waals surface area contributed by atoms with Gasteiger partial charge in [0.15, 0.2) is 0 Å². The SMILES string of the molecule is CS(=O)(=O)Nc1ccc(C(=O)Nc2ccc(-c3cnns3)cc2)cc1. The minimum Gasteiger partial charge on any atom is -0.322 e. The van der Waals surface area contributed by atoms with Crippen molar-refractivity contribution in [1.29, 1.82) is 0 Å². The lowest BCUT2D eigenvalue weighted by molar-refractivity contribution is 0.102. The van der Waals surface area contributed by atoms with E-state index in [2.05, 4.69) is 19.6 Å². The number of aromatic nitrogens is 2. The Morgan fingerprint density at radius 3 is 2.20 bits per heavy atom. The van der Waals surface area contributed by atoms with E-state index in [1.54, 1.807) is 30.5 Å². The number of rotatable bonds is 5. The Morgan fingerprint density at radius 1 is 1.00 bits per heavy atom. The number of carbonyl (C=O) groups excluding carboxylic acids is 1. The molecule has 7 nitrogen and oxygen atoms in total. The summed E-state index contributed by atoms with van der Waals surface area (Å²) in [5, 5.41) is 6.59. The van der Waals surface area contributed by atoms with Crippen molar-refractivity contribution < 1.29 is 13.2 Å². The molecule has 9 heteroatoms. The molecule has 1 amide bonds. The normalized spacial score (nSPS) is 11.1. The molecule has 1 aromatic heterocycles. The number of sulfonamides is 1. The van der Waals surface area contributed by atoms with Crippen LogP contribution in [0, 0.1) is 0 Å². The van der Waals surface area contributed by atoms with Crippen LogP contribution < -0.4 is 10.0 Å². The molecule has 1 heterocycles. The Hall–Kier alpha value is -2.78. The van der Waals surface area contributed by atoms with Crippen molar-refractivity contribution in [2.24, 2.45) is 0 Å². The molecule has 0 fully saturated rings. The van der Waals surface area contributed by atoms with E-state index in [1.807, 2.05) is 12.1 Å². The molecule has 0 aliphatic rings. The lowest BCUT2D eigenvalue weighted by Gasteiger charge is -2.07. The van der Waals surface area contributed by atoms with Crippen molar-refractivity contribution in [2.75, 3.05) is 16.3 Å². The van der Waals surface area contributed by atoms with Crippen LogP contribution >= 0.6 is 11.5 Å². The Bertz CT molecular complexity index is 967. The highest BCUT2D eigenvalue weighted by molar-refractivity contribution is 7.92. The van der Waals surface area contributed by atoms with E-state index in [9.17, 15) is 13.2 Å². The third-order valence-electron chi connectivity index (χ3n) is 3.24. The average Bonchev–Trinajstić information content (AvgIpc) is 3.09. The van der Waals surface area contributed by atoms with Crippen LogP contribution in [0.25, 0.3) is 10.4 Å². The van der Waals surface area contributed by atoms with Crippen LogP contribution in [0.2, 0.25) is 0 Å². The summed E-state index contributed by atoms with van der Waals surface area (Å²) in [6.07, 6.45) is 2.75. The topological polar surface area (TPSA) is 101 Å². The Labute approximate surface area is 148 Å². The number of anilines is 2. The van der Waals surface area contributed by atoms with Gasteiger partial charge in [-0.15, -0.1) is 5.10 Å². The Morgan fingerprint density at radius 2 is 1.64 bits per heavy atom. The van der Waals surface area contributed by atoms with Gasteiger partial charge in [0.1, 0.15) is 0 Å². The first kappa shape index (κ1) is 17.1. The first-order chi connectivity index (χ1) is 11.9. The molecule has 128 valence electrons. The van der Waals surface area contributed by atoms with Crippen LogP contribution in [0.15, 0.2) is 54.7 Å². The molecule has 2 N–H and O–H groups in total. The largest absolute Gasteiger partial charge is 0.322 e. The van der Waals surface area contributed by atoms with Gasteiger partial charge in [-0.05, 0) is 53.5 Å². The number of hydrogen-bond acceptors (Lipinski definition) is 6. The molecular formula is C16H14N4O3S2. The average molecular weight is 374 g/mol. The van der Waals surface area contributed by atoms with Crippen LogP contribution in [-0.2, 0) is 10.0 Å². The van der Waals surface area contributed by atoms with Crippen LogP contribution in [0.4, 0.5) is 11.4 Å². The Kier molecular flexibility index (Phi) is 4.77. The molecule has 25 heavy (non-hydrogen) atoms. The van der Waals surface area contributed by atoms with Crippen LogP contribution in [0.1, 0.15) is 10.4 Å². The highest BCUT2D eigenvalue weighted by Gasteiger charge is 2.08. The second kappa shape index (κ2) is 6.99. The minimum atomic E-state index is -3.34. The molecule has 0 spiro atoms. The monoisotopic (exact) mass is 374 g/mol. The highest BCUT2D eigenvalue weighted by atomic mass is 32.2. The van der Waals surface area contributed by atoms with Gasteiger partial charge in [-0.1, -0.05) is 16.6 Å². The van der Waals surface area contributed by atoms with E-state index < -0.39 is 10.0 Å². The van der Waals surface area contributed by atoms with Gasteiger partial charge in [0, 0.05) is 16.9 Å². The van der Waals surface area contributed by atoms with Gasteiger partial charge in [0.25, 0.3) is 5.91 Å². The van der Waals surface area contributed by atoms with Crippen molar-refractivity contribution in [3.63, 3.8) is 0 Å². The van der Waals surface area contributed by atoms with Gasteiger partial charge in [0.2, 0.25) is 10.0 Å². The molecule has 0 bridgehead atoms. The zero-order valence-electron chi connectivity index (χ0n) is 13.1. The number of amides is 1. The summed E-state index contributed by atoms with van der Waals surface area (Å²) in [5.41, 5.74) is 2.46. The lowest BCUT2D eigenvalue weighted by atomic mass is 10.1. The highest BCUT2D eigenvalue weighted by Crippen LogP contribution is 2.23. The smallest absolute Gasteiger partial charge is 0.255 e. The van der Waals surface area contributed by atoms with Crippen LogP contribution in [0.5, 0.6) is 0 Å². The molecular weight excluding hydrogens is 360 g/mol. The fraction of sp³-hybridized carbons (Fsp3) is 0.0625. The number of hydrogen-bond donors (Lipinski definition) is 2. The first-order valence-corrected chi connectivity index (χ1v) is 9.84. The number of nitrogens with zero attached hydrogens (tertiary/aromatic N) is 2. The maximum atomic E-state index is 12.3. The van der Waals surface area contributed by atoms with Gasteiger partial charge in [-0.2, -0.15) is 0 Å². The summed E-state index contributed by atoms with van der Waals surface area (Å²) >= 11 is 1.30. The van der Waals surface area contributed by atoms with Crippen molar-refractivity contribution in [2.45, 2.75) is 0 Å². The zero-order chi connectivity index (χ0) is 17.9. The summed E-state index contributed by atoms with van der Waals surface area (Å²) in [6.45, 7) is 0. The molecule has 2 aromatic carbocycles. The quantitative estimate of drug-likeness (QED) is 0.715. The maximum absolute atomic E-state index is 12.3. The molecule has 0 radical (unpaired) electrons. The van der Waals surface area contributed by atoms with Crippen molar-refractivity contribution in [3.05, 3.63) is 60.3 Å². The van der Waals surface area contributed by atoms with Crippen molar-refractivity contribution >= 4 is 38.8 Å². The van der Waals surface area contributed by atoms with E-state index in [0.717, 1.165) is 16.7 Å². The molecule has 0 saturated heterocycles. The maximum Gasteiger partial charge on any atom is 0.255 e. The van der Waals surface area contributed by atoms with Crippen LogP contribution in [0.3, 0.4) is 0 Å². The third kappa shape index (κ3) is 4.61. The van der Waals surface area contributed by atoms with Gasteiger partial charge >= 0.3 is 0 Å². The molecule has 0 atom stereocenters. The van der Waals surface area contributed by atoms with E-state index in [0.29, 0.717) is 16.9 Å². The van der Waals surface area contributed by atoms with E-state index in [-0.39, 0.29) is 5.91 Å². The molecule has 0 aliphatic heterocycles. The molecule has 0 saturated carbocycles. The Balaban J connectivity index is 1.67. The summed E-state index contributed by atoms with van der Waals surface area (Å²) < 4.78 is 28.5. The number of carbonyl (C=O) groups is 1. The second-order valence-electron chi connectivity index (χ2n) is 5.26.